The lowest BCUT2D eigenvalue weighted by Gasteiger charge is -2.40. The summed E-state index contributed by atoms with van der Waals surface area (Å²) < 4.78 is 66.8. The fraction of sp³-hybridized carbons (Fsp3) is 0.455. The summed E-state index contributed by atoms with van der Waals surface area (Å²) in [5.74, 6) is -0.215. The number of rotatable bonds is 9. The molecule has 1 atom stereocenters. The average molecular weight is 473 g/mol. The second kappa shape index (κ2) is 9.53. The smallest absolute Gasteiger partial charge is 0.477 e. The Labute approximate surface area is 185 Å². The van der Waals surface area contributed by atoms with Gasteiger partial charge < -0.3 is 15.4 Å². The van der Waals surface area contributed by atoms with Crippen LogP contribution in [0.15, 0.2) is 42.5 Å². The van der Waals surface area contributed by atoms with Gasteiger partial charge in [-0.15, -0.1) is 0 Å². The van der Waals surface area contributed by atoms with Gasteiger partial charge in [0.05, 0.1) is 17.7 Å². The molecule has 1 unspecified atom stereocenters. The summed E-state index contributed by atoms with van der Waals surface area (Å²) in [7, 11) is -4.03. The summed E-state index contributed by atoms with van der Waals surface area (Å²) in [6.45, 7) is 3.70. The van der Waals surface area contributed by atoms with Crippen LogP contribution in [-0.4, -0.2) is 23.3 Å². The quantitative estimate of drug-likeness (QED) is 0.387. The lowest BCUT2D eigenvalue weighted by Crippen LogP contribution is -2.54. The van der Waals surface area contributed by atoms with Crippen molar-refractivity contribution in [3.63, 3.8) is 0 Å². The zero-order chi connectivity index (χ0) is 23.6. The molecule has 3 rings (SSSR count). The van der Waals surface area contributed by atoms with Gasteiger partial charge in [0.15, 0.2) is 6.29 Å². The molecule has 10 heteroatoms. The summed E-state index contributed by atoms with van der Waals surface area (Å²) >= 11 is 0. The molecule has 6 nitrogen and oxygen atoms in total. The lowest BCUT2D eigenvalue weighted by molar-refractivity contribution is -0.156. The van der Waals surface area contributed by atoms with Crippen LogP contribution in [-0.2, 0) is 32.6 Å². The first kappa shape index (κ1) is 24.7. The average Bonchev–Trinajstić information content (AvgIpc) is 2.67. The summed E-state index contributed by atoms with van der Waals surface area (Å²) in [6.07, 6.45) is -3.98. The fourth-order valence-corrected chi connectivity index (χ4v) is 4.41. The van der Waals surface area contributed by atoms with E-state index >= 15 is 0 Å². The van der Waals surface area contributed by atoms with E-state index in [1.807, 2.05) is 31.2 Å². The van der Waals surface area contributed by atoms with Crippen LogP contribution in [0.4, 0.5) is 13.2 Å². The SMILES string of the molecule is Cc1cccc(CCCOc2ccc(CCC(C)(N)C3OP(=O)(O)O3)cc2C(F)(F)F)c1. The normalized spacial score (nSPS) is 22.8. The van der Waals surface area contributed by atoms with Crippen LogP contribution in [0.3, 0.4) is 0 Å². The Morgan fingerprint density at radius 3 is 2.44 bits per heavy atom. The number of phosphoric acid groups is 1. The van der Waals surface area contributed by atoms with Gasteiger partial charge in [-0.2, -0.15) is 13.2 Å². The van der Waals surface area contributed by atoms with E-state index in [-0.39, 0.29) is 25.2 Å². The maximum Gasteiger partial charge on any atom is 0.477 e. The maximum absolute atomic E-state index is 13.6. The molecule has 1 fully saturated rings. The largest absolute Gasteiger partial charge is 0.493 e. The monoisotopic (exact) mass is 473 g/mol. The van der Waals surface area contributed by atoms with Crippen molar-refractivity contribution in [1.82, 2.24) is 0 Å². The minimum absolute atomic E-state index is 0.162. The van der Waals surface area contributed by atoms with Crippen molar-refractivity contribution in [2.24, 2.45) is 5.73 Å². The Morgan fingerprint density at radius 1 is 1.12 bits per heavy atom. The molecule has 0 bridgehead atoms. The van der Waals surface area contributed by atoms with E-state index < -0.39 is 31.4 Å². The van der Waals surface area contributed by atoms with Crippen LogP contribution in [0.2, 0.25) is 0 Å². The molecular formula is C22H27F3NO5P. The number of nitrogens with two attached hydrogens (primary N) is 1. The molecule has 2 aromatic carbocycles. The molecule has 3 N–H and O–H groups in total. The maximum atomic E-state index is 13.6. The highest BCUT2D eigenvalue weighted by molar-refractivity contribution is 7.48. The summed E-state index contributed by atoms with van der Waals surface area (Å²) in [6, 6.07) is 11.9. The standard InChI is InChI=1S/C22H27F3NO5P/c1-15-5-3-6-16(13-15)7-4-12-29-19-9-8-17(14-18(19)22(23,24)25)10-11-21(2,26)20-30-32(27,28)31-20/h3,5-6,8-9,13-14,20H,4,7,10-12,26H2,1-2H3,(H,27,28). The van der Waals surface area contributed by atoms with Crippen molar-refractivity contribution in [2.75, 3.05) is 6.61 Å². The van der Waals surface area contributed by atoms with E-state index in [1.54, 1.807) is 13.0 Å². The van der Waals surface area contributed by atoms with Crippen LogP contribution in [0, 0.1) is 6.92 Å². The molecule has 0 saturated carbocycles. The molecular weight excluding hydrogens is 446 g/mol. The zero-order valence-electron chi connectivity index (χ0n) is 17.9. The molecule has 0 aliphatic carbocycles. The number of hydrogen-bond acceptors (Lipinski definition) is 5. The van der Waals surface area contributed by atoms with Gasteiger partial charge in [0, 0.05) is 0 Å². The van der Waals surface area contributed by atoms with Crippen molar-refractivity contribution < 1.29 is 36.4 Å². The van der Waals surface area contributed by atoms with Gasteiger partial charge in [0.2, 0.25) is 0 Å². The van der Waals surface area contributed by atoms with Gasteiger partial charge >= 0.3 is 14.0 Å². The second-order valence-electron chi connectivity index (χ2n) is 8.29. The van der Waals surface area contributed by atoms with Crippen molar-refractivity contribution >= 4 is 7.82 Å². The molecule has 2 aromatic rings. The van der Waals surface area contributed by atoms with Crippen molar-refractivity contribution in [1.29, 1.82) is 0 Å². The molecule has 176 valence electrons. The van der Waals surface area contributed by atoms with Gasteiger partial charge in [-0.05, 0) is 62.8 Å². The highest BCUT2D eigenvalue weighted by Crippen LogP contribution is 2.58. The first-order valence-electron chi connectivity index (χ1n) is 10.2. The van der Waals surface area contributed by atoms with Crippen molar-refractivity contribution in [3.8, 4) is 5.75 Å². The van der Waals surface area contributed by atoms with Crippen LogP contribution in [0.1, 0.15) is 42.0 Å². The van der Waals surface area contributed by atoms with E-state index in [1.165, 1.54) is 6.07 Å². The first-order chi connectivity index (χ1) is 14.9. The van der Waals surface area contributed by atoms with Gasteiger partial charge in [-0.1, -0.05) is 35.9 Å². The number of phosphoric ester groups is 1. The molecule has 0 aromatic heterocycles. The van der Waals surface area contributed by atoms with E-state index in [4.69, 9.17) is 24.4 Å². The first-order valence-corrected chi connectivity index (χ1v) is 11.7. The fourth-order valence-electron chi connectivity index (χ4n) is 3.43. The van der Waals surface area contributed by atoms with Gasteiger partial charge in [-0.25, -0.2) is 4.57 Å². The second-order valence-corrected chi connectivity index (χ2v) is 9.65. The molecule has 32 heavy (non-hydrogen) atoms. The van der Waals surface area contributed by atoms with Crippen molar-refractivity contribution in [3.05, 3.63) is 64.7 Å². The van der Waals surface area contributed by atoms with Gasteiger partial charge in [0.1, 0.15) is 5.75 Å². The van der Waals surface area contributed by atoms with E-state index in [0.717, 1.165) is 17.2 Å². The van der Waals surface area contributed by atoms with E-state index in [0.29, 0.717) is 18.4 Å². The topological polar surface area (TPSA) is 91.0 Å². The van der Waals surface area contributed by atoms with Crippen molar-refractivity contribution in [2.45, 2.75) is 57.5 Å². The lowest BCUT2D eigenvalue weighted by atomic mass is 9.93. The molecule has 1 saturated heterocycles. The predicted molar refractivity (Wildman–Crippen MR) is 113 cm³/mol. The van der Waals surface area contributed by atoms with Gasteiger partial charge in [0.25, 0.3) is 0 Å². The third kappa shape index (κ3) is 6.56. The predicted octanol–water partition coefficient (Wildman–Crippen LogP) is 5.15. The number of alkyl halides is 3. The minimum Gasteiger partial charge on any atom is -0.493 e. The Balaban J connectivity index is 1.59. The van der Waals surface area contributed by atoms with E-state index in [2.05, 4.69) is 0 Å². The number of ether oxygens (including phenoxy) is 1. The Kier molecular flexibility index (Phi) is 7.37. The molecule has 1 aliphatic rings. The highest BCUT2D eigenvalue weighted by atomic mass is 31.2. The highest BCUT2D eigenvalue weighted by Gasteiger charge is 2.50. The number of aryl methyl sites for hydroxylation is 3. The third-order valence-corrected chi connectivity index (χ3v) is 6.16. The van der Waals surface area contributed by atoms with Crippen LogP contribution in [0.5, 0.6) is 5.75 Å². The number of benzene rings is 2. The number of halogens is 3. The van der Waals surface area contributed by atoms with Crippen LogP contribution in [0.25, 0.3) is 0 Å². The number of hydrogen-bond donors (Lipinski definition) is 2. The summed E-state index contributed by atoms with van der Waals surface area (Å²) in [5.41, 5.74) is 6.72. The molecule has 0 amide bonds. The van der Waals surface area contributed by atoms with E-state index in [9.17, 15) is 17.7 Å². The Bertz CT molecular complexity index is 986. The van der Waals surface area contributed by atoms with Crippen LogP contribution < -0.4 is 10.5 Å². The third-order valence-electron chi connectivity index (χ3n) is 5.25. The van der Waals surface area contributed by atoms with Crippen LogP contribution >= 0.6 is 7.82 Å². The molecule has 1 aliphatic heterocycles. The molecule has 0 spiro atoms. The van der Waals surface area contributed by atoms with Gasteiger partial charge in [-0.3, -0.25) is 9.05 Å². The summed E-state index contributed by atoms with van der Waals surface area (Å²) in [4.78, 5) is 9.07. The zero-order valence-corrected chi connectivity index (χ0v) is 18.8. The Morgan fingerprint density at radius 2 is 1.81 bits per heavy atom. The molecule has 1 heterocycles. The molecule has 0 radical (unpaired) electrons. The Hall–Kier alpha value is -1.90. The minimum atomic E-state index is -4.57. The summed E-state index contributed by atoms with van der Waals surface area (Å²) in [5, 5.41) is 0.